The molecule has 1 amide bonds. The summed E-state index contributed by atoms with van der Waals surface area (Å²) in [5.74, 6) is -0.671. The lowest BCUT2D eigenvalue weighted by atomic mass is 9.87. The van der Waals surface area contributed by atoms with Crippen LogP contribution >= 0.6 is 15.9 Å². The predicted octanol–water partition coefficient (Wildman–Crippen LogP) is 5.15. The summed E-state index contributed by atoms with van der Waals surface area (Å²) in [4.78, 5) is 13.1. The Hall–Kier alpha value is -2.79. The van der Waals surface area contributed by atoms with Crippen molar-refractivity contribution in [1.82, 2.24) is 0 Å². The number of alkyl halides is 1. The highest BCUT2D eigenvalue weighted by atomic mass is 79.9. The van der Waals surface area contributed by atoms with Crippen LogP contribution in [-0.2, 0) is 11.2 Å². The first-order valence-corrected chi connectivity index (χ1v) is 9.35. The molecule has 0 radical (unpaired) electrons. The summed E-state index contributed by atoms with van der Waals surface area (Å²) in [6, 6.07) is 25.3. The van der Waals surface area contributed by atoms with Crippen molar-refractivity contribution in [2.75, 3.05) is 5.01 Å². The molecule has 134 valence electrons. The van der Waals surface area contributed by atoms with Crippen LogP contribution in [0.15, 0.2) is 94.5 Å². The number of carbonyl (C=O) groups is 1. The Kier molecular flexibility index (Phi) is 4.62. The van der Waals surface area contributed by atoms with Gasteiger partial charge in [0.05, 0.1) is 5.69 Å². The minimum Gasteiger partial charge on any atom is -0.268 e. The second kappa shape index (κ2) is 7.08. The van der Waals surface area contributed by atoms with Gasteiger partial charge in [-0.05, 0) is 29.8 Å². The molecular formula is C22H16BrFN2O. The van der Waals surface area contributed by atoms with Crippen LogP contribution < -0.4 is 5.01 Å². The van der Waals surface area contributed by atoms with Gasteiger partial charge in [0, 0.05) is 16.5 Å². The number of anilines is 1. The zero-order valence-electron chi connectivity index (χ0n) is 14.3. The molecule has 1 aliphatic rings. The fourth-order valence-electron chi connectivity index (χ4n) is 3.17. The maximum Gasteiger partial charge on any atom is 0.291 e. The molecule has 4 rings (SSSR count). The molecule has 3 nitrogen and oxygen atoms in total. The molecule has 1 aliphatic heterocycles. The lowest BCUT2D eigenvalue weighted by Gasteiger charge is -2.21. The van der Waals surface area contributed by atoms with Gasteiger partial charge < -0.3 is 0 Å². The molecule has 0 saturated carbocycles. The summed E-state index contributed by atoms with van der Waals surface area (Å²) in [5.41, 5.74) is -0.223. The van der Waals surface area contributed by atoms with Crippen molar-refractivity contribution in [3.05, 3.63) is 101 Å². The number of benzene rings is 3. The summed E-state index contributed by atoms with van der Waals surface area (Å²) in [6.07, 6.45) is -0.0646. The number of amides is 1. The van der Waals surface area contributed by atoms with Crippen molar-refractivity contribution >= 4 is 33.2 Å². The molecule has 5 heteroatoms. The Morgan fingerprint density at radius 2 is 1.48 bits per heavy atom. The number of carbonyl (C=O) groups excluding carboxylic acids is 1. The Bertz CT molecular complexity index is 990. The molecule has 0 saturated heterocycles. The molecule has 3 aromatic rings. The van der Waals surface area contributed by atoms with Gasteiger partial charge in [-0.2, -0.15) is 10.1 Å². The standard InChI is InChI=1S/C22H16BrFN2O/c23-18-13-11-17(12-14-18)20-22(24,15-16-7-3-1-4-8-16)21(27)26(25-20)19-9-5-2-6-10-19/h1-14H,15H2. The van der Waals surface area contributed by atoms with Crippen LogP contribution in [0.2, 0.25) is 0 Å². The molecule has 0 fully saturated rings. The van der Waals surface area contributed by atoms with Crippen LogP contribution in [0.3, 0.4) is 0 Å². The fraction of sp³-hybridized carbons (Fsp3) is 0.0909. The average Bonchev–Trinajstić information content (AvgIpc) is 2.95. The molecule has 1 unspecified atom stereocenters. The summed E-state index contributed by atoms with van der Waals surface area (Å²) < 4.78 is 17.1. The predicted molar refractivity (Wildman–Crippen MR) is 109 cm³/mol. The van der Waals surface area contributed by atoms with Crippen molar-refractivity contribution in [2.45, 2.75) is 12.1 Å². The van der Waals surface area contributed by atoms with Crippen molar-refractivity contribution in [2.24, 2.45) is 5.10 Å². The molecule has 0 bridgehead atoms. The van der Waals surface area contributed by atoms with Gasteiger partial charge in [0.1, 0.15) is 5.71 Å². The van der Waals surface area contributed by atoms with E-state index in [0.717, 1.165) is 10.0 Å². The third-order valence-corrected chi connectivity index (χ3v) is 5.04. The fourth-order valence-corrected chi connectivity index (χ4v) is 3.43. The van der Waals surface area contributed by atoms with Crippen LogP contribution in [0, 0.1) is 0 Å². The Labute approximate surface area is 165 Å². The summed E-state index contributed by atoms with van der Waals surface area (Å²) >= 11 is 3.39. The number of nitrogens with zero attached hydrogens (tertiary/aromatic N) is 2. The summed E-state index contributed by atoms with van der Waals surface area (Å²) in [5, 5.41) is 5.57. The molecular weight excluding hydrogens is 407 g/mol. The van der Waals surface area contributed by atoms with Crippen LogP contribution in [0.4, 0.5) is 10.1 Å². The van der Waals surface area contributed by atoms with Gasteiger partial charge >= 0.3 is 0 Å². The Morgan fingerprint density at radius 3 is 2.11 bits per heavy atom. The highest BCUT2D eigenvalue weighted by Crippen LogP contribution is 2.35. The largest absolute Gasteiger partial charge is 0.291 e. The first-order valence-electron chi connectivity index (χ1n) is 8.55. The number of para-hydroxylation sites is 1. The van der Waals surface area contributed by atoms with E-state index in [9.17, 15) is 4.79 Å². The molecule has 0 aromatic heterocycles. The SMILES string of the molecule is O=C1N(c2ccccc2)N=C(c2ccc(Br)cc2)C1(F)Cc1ccccc1. The van der Waals surface area contributed by atoms with Crippen molar-refractivity contribution in [1.29, 1.82) is 0 Å². The van der Waals surface area contributed by atoms with E-state index >= 15 is 4.39 Å². The number of hydrogen-bond acceptors (Lipinski definition) is 2. The minimum absolute atomic E-state index is 0.0646. The third-order valence-electron chi connectivity index (χ3n) is 4.52. The van der Waals surface area contributed by atoms with Gasteiger partial charge in [-0.3, -0.25) is 4.79 Å². The van der Waals surface area contributed by atoms with Gasteiger partial charge in [0.15, 0.2) is 0 Å². The second-order valence-electron chi connectivity index (χ2n) is 6.37. The number of rotatable bonds is 4. The molecule has 3 aromatic carbocycles. The molecule has 0 aliphatic carbocycles. The normalized spacial score (nSPS) is 19.3. The van der Waals surface area contributed by atoms with E-state index in [4.69, 9.17) is 0 Å². The topological polar surface area (TPSA) is 32.7 Å². The zero-order valence-corrected chi connectivity index (χ0v) is 15.9. The van der Waals surface area contributed by atoms with Crippen LogP contribution in [0.5, 0.6) is 0 Å². The molecule has 1 atom stereocenters. The first kappa shape index (κ1) is 17.6. The van der Waals surface area contributed by atoms with Gasteiger partial charge in [-0.1, -0.05) is 76.6 Å². The highest BCUT2D eigenvalue weighted by molar-refractivity contribution is 9.10. The van der Waals surface area contributed by atoms with E-state index in [1.807, 2.05) is 48.5 Å². The lowest BCUT2D eigenvalue weighted by molar-refractivity contribution is -0.125. The molecule has 27 heavy (non-hydrogen) atoms. The lowest BCUT2D eigenvalue weighted by Crippen LogP contribution is -2.44. The van der Waals surface area contributed by atoms with E-state index < -0.39 is 11.6 Å². The van der Waals surface area contributed by atoms with E-state index in [1.165, 1.54) is 5.01 Å². The Balaban J connectivity index is 1.81. The van der Waals surface area contributed by atoms with Crippen LogP contribution in [0.25, 0.3) is 0 Å². The number of hydrogen-bond donors (Lipinski definition) is 0. The molecule has 0 spiro atoms. The number of halogens is 2. The second-order valence-corrected chi connectivity index (χ2v) is 7.29. The van der Waals surface area contributed by atoms with E-state index in [-0.39, 0.29) is 12.1 Å². The number of hydrazone groups is 1. The van der Waals surface area contributed by atoms with Crippen molar-refractivity contribution in [3.8, 4) is 0 Å². The van der Waals surface area contributed by atoms with Crippen molar-refractivity contribution in [3.63, 3.8) is 0 Å². The van der Waals surface area contributed by atoms with Gasteiger partial charge in [-0.15, -0.1) is 0 Å². The average molecular weight is 423 g/mol. The quantitative estimate of drug-likeness (QED) is 0.571. The minimum atomic E-state index is -2.23. The zero-order chi connectivity index (χ0) is 18.9. The summed E-state index contributed by atoms with van der Waals surface area (Å²) in [6.45, 7) is 0. The van der Waals surface area contributed by atoms with Crippen LogP contribution in [-0.4, -0.2) is 17.3 Å². The van der Waals surface area contributed by atoms with E-state index in [2.05, 4.69) is 21.0 Å². The monoisotopic (exact) mass is 422 g/mol. The van der Waals surface area contributed by atoms with Gasteiger partial charge in [0.2, 0.25) is 5.67 Å². The molecule has 1 heterocycles. The third kappa shape index (κ3) is 3.30. The maximum absolute atomic E-state index is 16.2. The molecule has 0 N–H and O–H groups in total. The van der Waals surface area contributed by atoms with E-state index in [0.29, 0.717) is 11.3 Å². The highest BCUT2D eigenvalue weighted by Gasteiger charge is 2.52. The Morgan fingerprint density at radius 1 is 0.889 bits per heavy atom. The van der Waals surface area contributed by atoms with Crippen LogP contribution in [0.1, 0.15) is 11.1 Å². The maximum atomic E-state index is 16.2. The smallest absolute Gasteiger partial charge is 0.268 e. The van der Waals surface area contributed by atoms with Gasteiger partial charge in [0.25, 0.3) is 5.91 Å². The van der Waals surface area contributed by atoms with Crippen molar-refractivity contribution < 1.29 is 9.18 Å². The summed E-state index contributed by atoms with van der Waals surface area (Å²) in [7, 11) is 0. The van der Waals surface area contributed by atoms with Gasteiger partial charge in [-0.25, -0.2) is 4.39 Å². The first-order chi connectivity index (χ1) is 13.1. The van der Waals surface area contributed by atoms with E-state index in [1.54, 1.807) is 36.4 Å².